The average Bonchev–Trinajstić information content (AvgIpc) is 2.08. The Bertz CT molecular complexity index is 221. The van der Waals surface area contributed by atoms with E-state index < -0.39 is 0 Å². The summed E-state index contributed by atoms with van der Waals surface area (Å²) in [5, 5.41) is 9.79. The van der Waals surface area contributed by atoms with E-state index in [1.165, 1.54) is 25.7 Å². The number of rotatable bonds is 0. The molecule has 3 atom stereocenters. The second-order valence-corrected chi connectivity index (χ2v) is 6.48. The molecule has 2 rings (SSSR count). The Balaban J connectivity index is 2.22. The van der Waals surface area contributed by atoms with Gasteiger partial charge < -0.3 is 5.11 Å². The molecule has 2 fully saturated rings. The second kappa shape index (κ2) is 3.23. The first kappa shape index (κ1) is 10.5. The van der Waals surface area contributed by atoms with E-state index in [0.717, 1.165) is 18.8 Å². The van der Waals surface area contributed by atoms with Crippen molar-refractivity contribution in [2.75, 3.05) is 0 Å². The molecule has 2 aliphatic rings. The van der Waals surface area contributed by atoms with E-state index >= 15 is 0 Å². The molecule has 0 aromatic rings. The van der Waals surface area contributed by atoms with Gasteiger partial charge in [-0.05, 0) is 48.9 Å². The molecule has 2 saturated carbocycles. The first-order valence-corrected chi connectivity index (χ1v) is 6.12. The molecular formula is C13H24O. The molecule has 0 unspecified atom stereocenters. The zero-order chi connectivity index (χ0) is 10.4. The summed E-state index contributed by atoms with van der Waals surface area (Å²) < 4.78 is 0. The molecule has 1 N–H and O–H groups in total. The van der Waals surface area contributed by atoms with Crippen molar-refractivity contribution < 1.29 is 5.11 Å². The van der Waals surface area contributed by atoms with Gasteiger partial charge in [0, 0.05) is 0 Å². The number of aliphatic hydroxyl groups excluding tert-OH is 1. The molecule has 1 heteroatoms. The third kappa shape index (κ3) is 1.60. The summed E-state index contributed by atoms with van der Waals surface area (Å²) in [4.78, 5) is 0. The van der Waals surface area contributed by atoms with Gasteiger partial charge in [-0.1, -0.05) is 27.2 Å². The lowest BCUT2D eigenvalue weighted by Gasteiger charge is -2.54. The van der Waals surface area contributed by atoms with Crippen LogP contribution in [0.15, 0.2) is 0 Å². The Hall–Kier alpha value is -0.0400. The summed E-state index contributed by atoms with van der Waals surface area (Å²) >= 11 is 0. The molecule has 0 spiro atoms. The van der Waals surface area contributed by atoms with E-state index in [2.05, 4.69) is 20.8 Å². The highest BCUT2D eigenvalue weighted by Gasteiger charge is 2.48. The van der Waals surface area contributed by atoms with Crippen molar-refractivity contribution in [1.29, 1.82) is 0 Å². The fourth-order valence-electron chi connectivity index (χ4n) is 4.03. The fraction of sp³-hybridized carbons (Fsp3) is 1.00. The normalized spacial score (nSPS) is 47.1. The predicted octanol–water partition coefficient (Wildman–Crippen LogP) is 3.36. The van der Waals surface area contributed by atoms with Crippen LogP contribution in [0.2, 0.25) is 0 Å². The van der Waals surface area contributed by atoms with E-state index in [-0.39, 0.29) is 6.10 Å². The van der Waals surface area contributed by atoms with Gasteiger partial charge in [0.05, 0.1) is 6.10 Å². The minimum absolute atomic E-state index is 0.0227. The maximum atomic E-state index is 9.79. The molecule has 0 bridgehead atoms. The van der Waals surface area contributed by atoms with Crippen molar-refractivity contribution >= 4 is 0 Å². The van der Waals surface area contributed by atoms with Crippen molar-refractivity contribution in [1.82, 2.24) is 0 Å². The molecule has 0 amide bonds. The predicted molar refractivity (Wildman–Crippen MR) is 59.1 cm³/mol. The van der Waals surface area contributed by atoms with Gasteiger partial charge in [0.15, 0.2) is 0 Å². The minimum Gasteiger partial charge on any atom is -0.393 e. The van der Waals surface area contributed by atoms with Crippen LogP contribution in [0.25, 0.3) is 0 Å². The lowest BCUT2D eigenvalue weighted by Crippen LogP contribution is -2.47. The van der Waals surface area contributed by atoms with Crippen LogP contribution in [0.3, 0.4) is 0 Å². The Morgan fingerprint density at radius 1 is 1.07 bits per heavy atom. The van der Waals surface area contributed by atoms with Gasteiger partial charge in [0.2, 0.25) is 0 Å². The van der Waals surface area contributed by atoms with Crippen LogP contribution >= 0.6 is 0 Å². The monoisotopic (exact) mass is 196 g/mol. The van der Waals surface area contributed by atoms with E-state index in [1.807, 2.05) is 0 Å². The average molecular weight is 196 g/mol. The standard InChI is InChI=1S/C13H24O/c1-12(2)6-4-7-13(3)8-5-10(14)9-11(12)13/h10-11,14H,4-9H2,1-3H3/t10-,11+,13-/m0/s1. The van der Waals surface area contributed by atoms with E-state index in [9.17, 15) is 5.11 Å². The number of aliphatic hydroxyl groups is 1. The third-order valence-corrected chi connectivity index (χ3v) is 4.91. The van der Waals surface area contributed by atoms with Crippen LogP contribution in [-0.2, 0) is 0 Å². The van der Waals surface area contributed by atoms with Crippen LogP contribution in [0.4, 0.5) is 0 Å². The van der Waals surface area contributed by atoms with E-state index in [0.29, 0.717) is 10.8 Å². The van der Waals surface area contributed by atoms with E-state index in [4.69, 9.17) is 0 Å². The summed E-state index contributed by atoms with van der Waals surface area (Å²) in [6.07, 6.45) is 7.41. The Labute approximate surface area is 87.9 Å². The lowest BCUT2D eigenvalue weighted by molar-refractivity contribution is -0.0727. The number of fused-ring (bicyclic) bond motifs is 1. The molecule has 0 saturated heterocycles. The highest BCUT2D eigenvalue weighted by atomic mass is 16.3. The van der Waals surface area contributed by atoms with Gasteiger partial charge in [-0.15, -0.1) is 0 Å². The van der Waals surface area contributed by atoms with Crippen molar-refractivity contribution in [3.8, 4) is 0 Å². The minimum atomic E-state index is -0.0227. The highest BCUT2D eigenvalue weighted by molar-refractivity contribution is 4.99. The number of hydrogen-bond donors (Lipinski definition) is 1. The summed E-state index contributed by atoms with van der Waals surface area (Å²) in [6.45, 7) is 7.24. The van der Waals surface area contributed by atoms with Gasteiger partial charge >= 0.3 is 0 Å². The van der Waals surface area contributed by atoms with Crippen molar-refractivity contribution in [2.24, 2.45) is 16.7 Å². The molecule has 2 aliphatic carbocycles. The Morgan fingerprint density at radius 2 is 1.79 bits per heavy atom. The summed E-state index contributed by atoms with van der Waals surface area (Å²) in [6, 6.07) is 0. The quantitative estimate of drug-likeness (QED) is 0.630. The largest absolute Gasteiger partial charge is 0.393 e. The van der Waals surface area contributed by atoms with Crippen molar-refractivity contribution in [2.45, 2.75) is 65.4 Å². The Morgan fingerprint density at radius 3 is 2.50 bits per heavy atom. The van der Waals surface area contributed by atoms with Crippen LogP contribution in [-0.4, -0.2) is 11.2 Å². The van der Waals surface area contributed by atoms with Crippen molar-refractivity contribution in [3.05, 3.63) is 0 Å². The smallest absolute Gasteiger partial charge is 0.0543 e. The van der Waals surface area contributed by atoms with Gasteiger partial charge in [-0.3, -0.25) is 0 Å². The molecule has 82 valence electrons. The van der Waals surface area contributed by atoms with Gasteiger partial charge in [0.1, 0.15) is 0 Å². The summed E-state index contributed by atoms with van der Waals surface area (Å²) in [7, 11) is 0. The van der Waals surface area contributed by atoms with Gasteiger partial charge in [-0.2, -0.15) is 0 Å². The molecule has 0 aromatic carbocycles. The maximum Gasteiger partial charge on any atom is 0.0543 e. The second-order valence-electron chi connectivity index (χ2n) is 6.48. The maximum absolute atomic E-state index is 9.79. The van der Waals surface area contributed by atoms with Gasteiger partial charge in [0.25, 0.3) is 0 Å². The summed E-state index contributed by atoms with van der Waals surface area (Å²) in [5.41, 5.74) is 0.982. The zero-order valence-electron chi connectivity index (χ0n) is 9.84. The first-order valence-electron chi connectivity index (χ1n) is 6.12. The SMILES string of the molecule is CC1(C)CCC[C@@]2(C)CC[C@H](O)C[C@H]12. The molecule has 0 radical (unpaired) electrons. The van der Waals surface area contributed by atoms with Crippen LogP contribution in [0, 0.1) is 16.7 Å². The lowest BCUT2D eigenvalue weighted by atomic mass is 9.51. The number of hydrogen-bond acceptors (Lipinski definition) is 1. The van der Waals surface area contributed by atoms with Crippen LogP contribution in [0.1, 0.15) is 59.3 Å². The first-order chi connectivity index (χ1) is 6.44. The molecule has 14 heavy (non-hydrogen) atoms. The molecule has 1 nitrogen and oxygen atoms in total. The van der Waals surface area contributed by atoms with Gasteiger partial charge in [-0.25, -0.2) is 0 Å². The molecule has 0 aliphatic heterocycles. The zero-order valence-corrected chi connectivity index (χ0v) is 9.84. The fourth-order valence-corrected chi connectivity index (χ4v) is 4.03. The van der Waals surface area contributed by atoms with E-state index in [1.54, 1.807) is 0 Å². The topological polar surface area (TPSA) is 20.2 Å². The highest BCUT2D eigenvalue weighted by Crippen LogP contribution is 2.57. The summed E-state index contributed by atoms with van der Waals surface area (Å²) in [5.74, 6) is 0.743. The molecular weight excluding hydrogens is 172 g/mol. The van der Waals surface area contributed by atoms with Crippen LogP contribution in [0.5, 0.6) is 0 Å². The van der Waals surface area contributed by atoms with Crippen LogP contribution < -0.4 is 0 Å². The third-order valence-electron chi connectivity index (χ3n) is 4.91. The molecule has 0 heterocycles. The van der Waals surface area contributed by atoms with Crippen molar-refractivity contribution in [3.63, 3.8) is 0 Å². The molecule has 0 aromatic heterocycles. The Kier molecular flexibility index (Phi) is 2.42.